The highest BCUT2D eigenvalue weighted by Crippen LogP contribution is 2.71. The monoisotopic (exact) mass is 633 g/mol. The Labute approximate surface area is 280 Å². The molecule has 0 N–H and O–H groups in total. The van der Waals surface area contributed by atoms with Crippen LogP contribution in [0.4, 0.5) is 0 Å². The summed E-state index contributed by atoms with van der Waals surface area (Å²) in [6, 6.07) is 18.8. The second kappa shape index (κ2) is 10.9. The first kappa shape index (κ1) is 30.3. The number of allylic oxidation sites excluding steroid dienone is 2. The average molecular weight is 634 g/mol. The predicted octanol–water partition coefficient (Wildman–Crippen LogP) is 8.72. The van der Waals surface area contributed by atoms with E-state index < -0.39 is 0 Å². The lowest BCUT2D eigenvalue weighted by atomic mass is 9.46. The zero-order valence-corrected chi connectivity index (χ0v) is 28.9. The number of carbonyl (C=O) groups excluding carboxylic acids is 1. The van der Waals surface area contributed by atoms with Crippen LogP contribution in [0.15, 0.2) is 72.6 Å². The molecule has 0 radical (unpaired) electrons. The van der Waals surface area contributed by atoms with Gasteiger partial charge in [0.05, 0.1) is 12.7 Å². The van der Waals surface area contributed by atoms with Gasteiger partial charge in [0.15, 0.2) is 23.4 Å². The number of nitrogens with zero attached hydrogens (tertiary/aromatic N) is 2. The lowest BCUT2D eigenvalue weighted by molar-refractivity contribution is -0.658. The van der Waals surface area contributed by atoms with Gasteiger partial charge in [0.25, 0.3) is 0 Å². The van der Waals surface area contributed by atoms with E-state index in [0.717, 1.165) is 48.3 Å². The van der Waals surface area contributed by atoms with Gasteiger partial charge in [-0.05, 0) is 97.5 Å². The summed E-state index contributed by atoms with van der Waals surface area (Å²) in [6.07, 6.45) is 16.3. The number of benzene rings is 2. The normalized spacial score (nSPS) is 42.4. The van der Waals surface area contributed by atoms with E-state index in [1.807, 2.05) is 30.3 Å². The summed E-state index contributed by atoms with van der Waals surface area (Å²) in [5.74, 6) is 3.87. The Morgan fingerprint density at radius 3 is 2.57 bits per heavy atom. The van der Waals surface area contributed by atoms with Crippen LogP contribution in [0.5, 0.6) is 0 Å². The number of para-hydroxylation sites is 2. The first-order chi connectivity index (χ1) is 22.7. The van der Waals surface area contributed by atoms with Gasteiger partial charge in [0.1, 0.15) is 6.04 Å². The molecule has 11 atom stereocenters. The molecule has 9 rings (SSSR count). The second-order valence-corrected chi connectivity index (χ2v) is 17.1. The van der Waals surface area contributed by atoms with E-state index in [1.165, 1.54) is 50.5 Å². The molecular weight excluding hydrogens is 580 g/mol. The molecule has 4 aliphatic carbocycles. The Balaban J connectivity index is 0.959. The number of aromatic nitrogens is 2. The van der Waals surface area contributed by atoms with Crippen molar-refractivity contribution in [1.29, 1.82) is 0 Å². The summed E-state index contributed by atoms with van der Waals surface area (Å²) in [5.41, 5.74) is 5.51. The fourth-order valence-electron chi connectivity index (χ4n) is 12.4. The quantitative estimate of drug-likeness (QED) is 0.164. The number of Topliss-reactive ketones (excluding diaryl/α,β-unsaturated/α-hetero) is 1. The van der Waals surface area contributed by atoms with Crippen LogP contribution in [0.2, 0.25) is 0 Å². The van der Waals surface area contributed by atoms with Crippen LogP contribution in [0.3, 0.4) is 0 Å². The Hall–Kier alpha value is -2.76. The van der Waals surface area contributed by atoms with Crippen molar-refractivity contribution in [3.05, 3.63) is 78.1 Å². The highest BCUT2D eigenvalue weighted by molar-refractivity contribution is 5.95. The Bertz CT molecular complexity index is 1720. The second-order valence-electron chi connectivity index (χ2n) is 17.1. The molecule has 2 aromatic carbocycles. The van der Waals surface area contributed by atoms with Gasteiger partial charge < -0.3 is 9.47 Å². The van der Waals surface area contributed by atoms with Crippen LogP contribution >= 0.6 is 0 Å². The molecule has 0 amide bonds. The van der Waals surface area contributed by atoms with Gasteiger partial charge >= 0.3 is 0 Å². The van der Waals surface area contributed by atoms with E-state index in [1.54, 1.807) is 5.57 Å². The number of hydrogen-bond acceptors (Lipinski definition) is 3. The van der Waals surface area contributed by atoms with E-state index in [9.17, 15) is 4.79 Å². The van der Waals surface area contributed by atoms with Crippen molar-refractivity contribution in [3.63, 3.8) is 0 Å². The summed E-state index contributed by atoms with van der Waals surface area (Å²) in [5, 5.41) is 0. The Morgan fingerprint density at radius 1 is 0.957 bits per heavy atom. The van der Waals surface area contributed by atoms with Crippen LogP contribution in [-0.2, 0) is 16.0 Å². The zero-order chi connectivity index (χ0) is 32.1. The molecule has 5 nitrogen and oxygen atoms in total. The van der Waals surface area contributed by atoms with Crippen LogP contribution in [0, 0.1) is 46.3 Å². The molecule has 3 saturated carbocycles. The maximum Gasteiger partial charge on any atom is 0.245 e. The van der Waals surface area contributed by atoms with Crippen LogP contribution in [0.1, 0.15) is 102 Å². The number of rotatable bonds is 4. The average Bonchev–Trinajstić information content (AvgIpc) is 3.69. The van der Waals surface area contributed by atoms with Crippen molar-refractivity contribution < 1.29 is 18.8 Å². The third-order valence-electron chi connectivity index (χ3n) is 14.9. The van der Waals surface area contributed by atoms with Gasteiger partial charge in [-0.3, -0.25) is 4.79 Å². The SMILES string of the molecule is C[C@@H]1CC[C@@]2(OC1)O[C@H]1C[C@H]3[C@@H]4CC=C5C[C@H](n6c[n+](CC(=O)c7ccccc7)c7ccccc76)CC[C@]5(C)[C@H]4CC[C@]3(C)[C@H]1[C@@H]2C. The lowest BCUT2D eigenvalue weighted by Crippen LogP contribution is -2.52. The molecule has 3 heterocycles. The van der Waals surface area contributed by atoms with E-state index >= 15 is 0 Å². The van der Waals surface area contributed by atoms with E-state index in [4.69, 9.17) is 9.47 Å². The predicted molar refractivity (Wildman–Crippen MR) is 184 cm³/mol. The largest absolute Gasteiger partial charge is 0.349 e. The van der Waals surface area contributed by atoms with Crippen molar-refractivity contribution in [3.8, 4) is 0 Å². The third kappa shape index (κ3) is 4.47. The summed E-state index contributed by atoms with van der Waals surface area (Å²) in [6.45, 7) is 11.3. The summed E-state index contributed by atoms with van der Waals surface area (Å²) in [4.78, 5) is 13.2. The highest BCUT2D eigenvalue weighted by atomic mass is 16.7. The molecule has 47 heavy (non-hydrogen) atoms. The van der Waals surface area contributed by atoms with Gasteiger partial charge in [-0.1, -0.05) is 81.8 Å². The maximum atomic E-state index is 13.2. The van der Waals surface area contributed by atoms with Crippen molar-refractivity contribution in [2.24, 2.45) is 46.3 Å². The van der Waals surface area contributed by atoms with Crippen molar-refractivity contribution in [1.82, 2.24) is 4.57 Å². The molecule has 1 aromatic heterocycles. The fraction of sp³-hybridized carbons (Fsp3) is 0.619. The molecule has 3 aromatic rings. The first-order valence-electron chi connectivity index (χ1n) is 18.8. The van der Waals surface area contributed by atoms with Gasteiger partial charge in [0.2, 0.25) is 12.1 Å². The molecule has 2 saturated heterocycles. The van der Waals surface area contributed by atoms with Gasteiger partial charge in [0, 0.05) is 24.3 Å². The topological polar surface area (TPSA) is 44.3 Å². The summed E-state index contributed by atoms with van der Waals surface area (Å²) >= 11 is 0. The minimum Gasteiger partial charge on any atom is -0.349 e. The standard InChI is InChI=1S/C42H53N2O3/c1-27-16-21-42(46-25-27)28(2)39-38(47-42)23-34-32-15-14-30-22-31(17-19-40(30,3)33(32)18-20-41(34,39)4)44-26-43(35-12-8-9-13-36(35)44)24-37(45)29-10-6-5-7-11-29/h5-14,26-28,31-34,38-39H,15-25H2,1-4H3/q+1/t27-,28+,31-,32-,33+,34+,38+,39+,40+,41+,42-/m1/s1. The molecule has 0 unspecified atom stereocenters. The molecule has 5 fully saturated rings. The minimum absolute atomic E-state index is 0.159. The summed E-state index contributed by atoms with van der Waals surface area (Å²) < 4.78 is 18.3. The summed E-state index contributed by atoms with van der Waals surface area (Å²) in [7, 11) is 0. The molecule has 6 aliphatic rings. The molecule has 0 bridgehead atoms. The number of ketones is 1. The zero-order valence-electron chi connectivity index (χ0n) is 28.9. The Kier molecular flexibility index (Phi) is 7.01. The number of fused-ring (bicyclic) bond motifs is 8. The molecule has 5 heteroatoms. The van der Waals surface area contributed by atoms with Crippen molar-refractivity contribution >= 4 is 16.8 Å². The highest BCUT2D eigenvalue weighted by Gasteiger charge is 2.68. The van der Waals surface area contributed by atoms with E-state index in [0.29, 0.717) is 41.9 Å². The first-order valence-corrected chi connectivity index (χ1v) is 18.8. The van der Waals surface area contributed by atoms with Crippen LogP contribution < -0.4 is 4.57 Å². The number of hydrogen-bond donors (Lipinski definition) is 0. The van der Waals surface area contributed by atoms with E-state index in [2.05, 4.69) is 73.5 Å². The lowest BCUT2D eigenvalue weighted by Gasteiger charge is -2.58. The molecule has 1 spiro atoms. The minimum atomic E-state index is -0.327. The van der Waals surface area contributed by atoms with Gasteiger partial charge in [-0.15, -0.1) is 0 Å². The van der Waals surface area contributed by atoms with Crippen LogP contribution in [0.25, 0.3) is 11.0 Å². The third-order valence-corrected chi connectivity index (χ3v) is 14.9. The van der Waals surface area contributed by atoms with Crippen molar-refractivity contribution in [2.75, 3.05) is 6.61 Å². The number of carbonyl (C=O) groups is 1. The van der Waals surface area contributed by atoms with Gasteiger partial charge in [-0.2, -0.15) is 0 Å². The number of ether oxygens (including phenoxy) is 2. The van der Waals surface area contributed by atoms with Crippen molar-refractivity contribution in [2.45, 2.75) is 110 Å². The molecular formula is C42H53N2O3+. The number of imidazole rings is 1. The fourth-order valence-corrected chi connectivity index (χ4v) is 12.4. The maximum absolute atomic E-state index is 13.2. The van der Waals surface area contributed by atoms with Crippen LogP contribution in [-0.4, -0.2) is 28.8 Å². The van der Waals surface area contributed by atoms with E-state index in [-0.39, 0.29) is 17.0 Å². The Morgan fingerprint density at radius 2 is 1.77 bits per heavy atom. The molecule has 248 valence electrons. The smallest absolute Gasteiger partial charge is 0.245 e. The van der Waals surface area contributed by atoms with Gasteiger partial charge in [-0.25, -0.2) is 9.13 Å². The molecule has 2 aliphatic heterocycles.